The topological polar surface area (TPSA) is 83.5 Å². The van der Waals surface area contributed by atoms with E-state index in [0.29, 0.717) is 0 Å². The van der Waals surface area contributed by atoms with Crippen LogP contribution in [0.1, 0.15) is 13.8 Å². The van der Waals surface area contributed by atoms with E-state index in [-0.39, 0.29) is 0 Å². The molecule has 0 N–H and O–H groups in total. The summed E-state index contributed by atoms with van der Waals surface area (Å²) >= 11 is -2.40. The van der Waals surface area contributed by atoms with Crippen LogP contribution in [0.15, 0.2) is 0 Å². The molecule has 3 unspecified atom stereocenters. The molecule has 5 nitrogen and oxygen atoms in total. The van der Waals surface area contributed by atoms with Gasteiger partial charge in [-0.15, -0.1) is 0 Å². The van der Waals surface area contributed by atoms with Gasteiger partial charge in [-0.2, -0.15) is 8.42 Å². The van der Waals surface area contributed by atoms with Crippen molar-refractivity contribution in [1.82, 2.24) is 0 Å². The lowest BCUT2D eigenvalue weighted by molar-refractivity contribution is 0.387. The SMILES string of the molecule is COS(=O)(=O)C(C)C(C)S(=O)[O-]. The summed E-state index contributed by atoms with van der Waals surface area (Å²) in [5.41, 5.74) is 0. The zero-order valence-electron chi connectivity index (χ0n) is 7.01. The van der Waals surface area contributed by atoms with Crippen molar-refractivity contribution in [2.24, 2.45) is 0 Å². The van der Waals surface area contributed by atoms with Crippen LogP contribution >= 0.6 is 0 Å². The molecule has 0 rings (SSSR count). The molecule has 0 fully saturated rings. The molecule has 0 saturated heterocycles. The summed E-state index contributed by atoms with van der Waals surface area (Å²) in [6, 6.07) is 0. The Morgan fingerprint density at radius 2 is 1.83 bits per heavy atom. The van der Waals surface area contributed by atoms with Gasteiger partial charge in [0.1, 0.15) is 0 Å². The molecule has 0 amide bonds. The predicted molar refractivity (Wildman–Crippen MR) is 43.8 cm³/mol. The van der Waals surface area contributed by atoms with Gasteiger partial charge in [-0.1, -0.05) is 18.0 Å². The largest absolute Gasteiger partial charge is 0.772 e. The second kappa shape index (κ2) is 4.31. The van der Waals surface area contributed by atoms with E-state index in [1.807, 2.05) is 0 Å². The first-order valence-corrected chi connectivity index (χ1v) is 5.81. The summed E-state index contributed by atoms with van der Waals surface area (Å²) in [5.74, 6) is 0. The van der Waals surface area contributed by atoms with Crippen molar-refractivity contribution in [2.75, 3.05) is 7.11 Å². The molecule has 0 spiro atoms. The lowest BCUT2D eigenvalue weighted by Gasteiger charge is -2.20. The highest BCUT2D eigenvalue weighted by atomic mass is 32.2. The highest BCUT2D eigenvalue weighted by Crippen LogP contribution is 2.10. The summed E-state index contributed by atoms with van der Waals surface area (Å²) in [7, 11) is -2.73. The van der Waals surface area contributed by atoms with E-state index < -0.39 is 31.7 Å². The summed E-state index contributed by atoms with van der Waals surface area (Å²) in [6.07, 6.45) is 0. The molecule has 3 atom stereocenters. The molecule has 0 radical (unpaired) electrons. The van der Waals surface area contributed by atoms with Gasteiger partial charge in [0.15, 0.2) is 0 Å². The van der Waals surface area contributed by atoms with Crippen molar-refractivity contribution < 1.29 is 21.4 Å². The Labute approximate surface area is 74.5 Å². The van der Waals surface area contributed by atoms with Gasteiger partial charge < -0.3 is 4.55 Å². The molecule has 0 aliphatic heterocycles. The maximum Gasteiger partial charge on any atom is 0.270 e. The monoisotopic (exact) mass is 215 g/mol. The number of hydrogen-bond acceptors (Lipinski definition) is 5. The predicted octanol–water partition coefficient (Wildman–Crippen LogP) is -0.381. The van der Waals surface area contributed by atoms with E-state index in [1.165, 1.54) is 13.8 Å². The molecule has 0 aliphatic rings. The third kappa shape index (κ3) is 2.81. The third-order valence-corrected chi connectivity index (χ3v) is 4.62. The molecule has 0 saturated carbocycles. The van der Waals surface area contributed by atoms with Crippen molar-refractivity contribution >= 4 is 21.2 Å². The summed E-state index contributed by atoms with van der Waals surface area (Å²) in [4.78, 5) is 0. The van der Waals surface area contributed by atoms with Crippen LogP contribution in [-0.2, 0) is 25.4 Å². The van der Waals surface area contributed by atoms with E-state index in [9.17, 15) is 17.2 Å². The van der Waals surface area contributed by atoms with Gasteiger partial charge in [-0.05, 0) is 6.92 Å². The minimum absolute atomic E-state index is 0.963. The first-order chi connectivity index (χ1) is 5.33. The van der Waals surface area contributed by atoms with Crippen molar-refractivity contribution in [2.45, 2.75) is 24.3 Å². The molecule has 7 heteroatoms. The van der Waals surface area contributed by atoms with Gasteiger partial charge in [0.05, 0.1) is 12.4 Å². The fraction of sp³-hybridized carbons (Fsp3) is 1.00. The fourth-order valence-electron chi connectivity index (χ4n) is 0.543. The van der Waals surface area contributed by atoms with E-state index >= 15 is 0 Å². The number of rotatable bonds is 4. The van der Waals surface area contributed by atoms with Gasteiger partial charge in [-0.25, -0.2) is 0 Å². The fourth-order valence-corrected chi connectivity index (χ4v) is 2.31. The highest BCUT2D eigenvalue weighted by molar-refractivity contribution is 7.89. The average Bonchev–Trinajstić information content (AvgIpc) is 2.01. The van der Waals surface area contributed by atoms with Crippen LogP contribution < -0.4 is 0 Å². The van der Waals surface area contributed by atoms with Gasteiger partial charge >= 0.3 is 0 Å². The Kier molecular flexibility index (Phi) is 4.32. The third-order valence-electron chi connectivity index (χ3n) is 1.65. The van der Waals surface area contributed by atoms with Crippen LogP contribution in [0.25, 0.3) is 0 Å². The molecular weight excluding hydrogens is 204 g/mol. The molecule has 0 aromatic rings. The minimum atomic E-state index is -3.74. The minimum Gasteiger partial charge on any atom is -0.772 e. The molecular formula is C5H11O5S2-. The summed E-state index contributed by atoms with van der Waals surface area (Å²) < 4.78 is 46.8. The van der Waals surface area contributed by atoms with E-state index in [2.05, 4.69) is 4.18 Å². The molecule has 0 aliphatic carbocycles. The molecule has 0 aromatic heterocycles. The van der Waals surface area contributed by atoms with Crippen LogP contribution in [0.3, 0.4) is 0 Å². The van der Waals surface area contributed by atoms with Crippen LogP contribution in [-0.4, -0.2) is 34.8 Å². The maximum absolute atomic E-state index is 10.9. The second-order valence-corrected chi connectivity index (χ2v) is 5.66. The Bertz CT molecular complexity index is 257. The molecule has 0 heterocycles. The standard InChI is InChI=1S/C5H12O5S2/c1-4(11(6)7)5(2)12(8,9)10-3/h4-5H,1-3H3,(H,6,7)/p-1. The van der Waals surface area contributed by atoms with E-state index in [4.69, 9.17) is 0 Å². The van der Waals surface area contributed by atoms with Crippen LogP contribution in [0.5, 0.6) is 0 Å². The Morgan fingerprint density at radius 3 is 2.08 bits per heavy atom. The zero-order valence-corrected chi connectivity index (χ0v) is 8.65. The lowest BCUT2D eigenvalue weighted by atomic mass is 10.4. The Balaban J connectivity index is 4.61. The van der Waals surface area contributed by atoms with E-state index in [1.54, 1.807) is 0 Å². The van der Waals surface area contributed by atoms with E-state index in [0.717, 1.165) is 7.11 Å². The Hall–Kier alpha value is 0.0200. The van der Waals surface area contributed by atoms with Crippen LogP contribution in [0.2, 0.25) is 0 Å². The quantitative estimate of drug-likeness (QED) is 0.471. The van der Waals surface area contributed by atoms with Crippen molar-refractivity contribution in [3.63, 3.8) is 0 Å². The Morgan fingerprint density at radius 1 is 1.42 bits per heavy atom. The van der Waals surface area contributed by atoms with Crippen LogP contribution in [0, 0.1) is 0 Å². The average molecular weight is 215 g/mol. The molecule has 12 heavy (non-hydrogen) atoms. The normalized spacial score (nSPS) is 20.0. The van der Waals surface area contributed by atoms with Crippen molar-refractivity contribution in [3.8, 4) is 0 Å². The molecule has 74 valence electrons. The van der Waals surface area contributed by atoms with Gasteiger partial charge in [-0.3, -0.25) is 8.39 Å². The maximum atomic E-state index is 10.9. The van der Waals surface area contributed by atoms with Gasteiger partial charge in [0.2, 0.25) is 0 Å². The zero-order chi connectivity index (χ0) is 9.94. The summed E-state index contributed by atoms with van der Waals surface area (Å²) in [5, 5.41) is -2.00. The lowest BCUT2D eigenvalue weighted by Crippen LogP contribution is -2.33. The van der Waals surface area contributed by atoms with Gasteiger partial charge in [0.25, 0.3) is 10.1 Å². The van der Waals surface area contributed by atoms with Crippen LogP contribution in [0.4, 0.5) is 0 Å². The second-order valence-electron chi connectivity index (χ2n) is 2.33. The first-order valence-electron chi connectivity index (χ1n) is 3.20. The molecule has 0 bridgehead atoms. The summed E-state index contributed by atoms with van der Waals surface area (Å²) in [6.45, 7) is 2.60. The molecule has 0 aromatic carbocycles. The first kappa shape index (κ1) is 12.0. The van der Waals surface area contributed by atoms with Crippen molar-refractivity contribution in [3.05, 3.63) is 0 Å². The number of hydrogen-bond donors (Lipinski definition) is 0. The highest BCUT2D eigenvalue weighted by Gasteiger charge is 2.26. The van der Waals surface area contributed by atoms with Crippen molar-refractivity contribution in [1.29, 1.82) is 0 Å². The van der Waals surface area contributed by atoms with Gasteiger partial charge in [0, 0.05) is 5.25 Å². The smallest absolute Gasteiger partial charge is 0.270 e.